The number of methoxy groups -OCH3 is 1. The number of rotatable bonds is 10. The highest BCUT2D eigenvalue weighted by atomic mass is 19.1. The lowest BCUT2D eigenvalue weighted by Crippen LogP contribution is -2.40. The quantitative estimate of drug-likeness (QED) is 0.369. The van der Waals surface area contributed by atoms with E-state index in [4.69, 9.17) is 14.2 Å². The molecule has 0 radical (unpaired) electrons. The van der Waals surface area contributed by atoms with E-state index in [1.165, 1.54) is 6.07 Å². The summed E-state index contributed by atoms with van der Waals surface area (Å²) in [5.41, 5.74) is 0.984. The lowest BCUT2D eigenvalue weighted by atomic mass is 10.2. The summed E-state index contributed by atoms with van der Waals surface area (Å²) in [6.07, 6.45) is 0. The minimum absolute atomic E-state index is 0.0101. The van der Waals surface area contributed by atoms with Crippen molar-refractivity contribution >= 4 is 5.96 Å². The van der Waals surface area contributed by atoms with Crippen molar-refractivity contribution in [2.45, 2.75) is 6.61 Å². The Kier molecular flexibility index (Phi) is 9.00. The lowest BCUT2D eigenvalue weighted by Gasteiger charge is -2.13. The number of para-hydroxylation sites is 1. The summed E-state index contributed by atoms with van der Waals surface area (Å²) in [6.45, 7) is 2.10. The highest BCUT2D eigenvalue weighted by Gasteiger charge is 2.05. The summed E-state index contributed by atoms with van der Waals surface area (Å²) in [4.78, 5) is 4.08. The smallest absolute Gasteiger partial charge is 0.191 e. The molecule has 2 aromatic carbocycles. The summed E-state index contributed by atoms with van der Waals surface area (Å²) in [7, 11) is 3.27. The van der Waals surface area contributed by atoms with Gasteiger partial charge in [0, 0.05) is 25.2 Å². The fourth-order valence-corrected chi connectivity index (χ4v) is 2.39. The molecule has 2 rings (SSSR count). The average Bonchev–Trinajstić information content (AvgIpc) is 2.70. The Hall–Kier alpha value is -2.87. The molecule has 0 heterocycles. The van der Waals surface area contributed by atoms with E-state index in [2.05, 4.69) is 15.6 Å². The van der Waals surface area contributed by atoms with Gasteiger partial charge in [0.05, 0.1) is 26.9 Å². The summed E-state index contributed by atoms with van der Waals surface area (Å²) in [5, 5.41) is 6.14. The van der Waals surface area contributed by atoms with Crippen molar-refractivity contribution in [3.05, 3.63) is 59.7 Å². The molecule has 0 unspecified atom stereocenters. The van der Waals surface area contributed by atoms with E-state index < -0.39 is 11.6 Å². The number of aliphatic imine (C=N–C) groups is 1. The van der Waals surface area contributed by atoms with Crippen molar-refractivity contribution in [2.75, 3.05) is 40.5 Å². The molecule has 0 bridgehead atoms. The third-order valence-electron chi connectivity index (χ3n) is 3.76. The van der Waals surface area contributed by atoms with Crippen LogP contribution in [-0.4, -0.2) is 46.4 Å². The molecule has 2 N–H and O–H groups in total. The topological polar surface area (TPSA) is 64.1 Å². The standard InChI is InChI=1S/C20H25F2N3O3/c1-23-20(25-10-12-28-19-8-7-16(21)13-17(19)22)24-9-11-27-14-15-5-3-4-6-18(15)26-2/h3-8,13H,9-12,14H2,1-2H3,(H2,23,24,25). The van der Waals surface area contributed by atoms with Crippen LogP contribution in [0.1, 0.15) is 5.56 Å². The molecular weight excluding hydrogens is 368 g/mol. The Morgan fingerprint density at radius 1 is 1.00 bits per heavy atom. The molecule has 0 aromatic heterocycles. The maximum absolute atomic E-state index is 13.5. The second-order valence-corrected chi connectivity index (χ2v) is 5.71. The molecule has 0 amide bonds. The van der Waals surface area contributed by atoms with Crippen molar-refractivity contribution in [1.29, 1.82) is 0 Å². The second kappa shape index (κ2) is 11.8. The molecule has 6 nitrogen and oxygen atoms in total. The third-order valence-corrected chi connectivity index (χ3v) is 3.76. The molecule has 0 aliphatic rings. The zero-order valence-electron chi connectivity index (χ0n) is 16.0. The van der Waals surface area contributed by atoms with Gasteiger partial charge in [0.25, 0.3) is 0 Å². The van der Waals surface area contributed by atoms with E-state index in [1.54, 1.807) is 14.2 Å². The second-order valence-electron chi connectivity index (χ2n) is 5.71. The van der Waals surface area contributed by atoms with Crippen LogP contribution in [0.2, 0.25) is 0 Å². The minimum Gasteiger partial charge on any atom is -0.496 e. The monoisotopic (exact) mass is 393 g/mol. The van der Waals surface area contributed by atoms with Crippen LogP contribution in [0.3, 0.4) is 0 Å². The maximum atomic E-state index is 13.5. The summed E-state index contributed by atoms with van der Waals surface area (Å²) >= 11 is 0. The van der Waals surface area contributed by atoms with Gasteiger partial charge in [-0.3, -0.25) is 4.99 Å². The summed E-state index contributed by atoms with van der Waals surface area (Å²) in [6, 6.07) is 10.9. The van der Waals surface area contributed by atoms with Gasteiger partial charge < -0.3 is 24.8 Å². The number of nitrogens with one attached hydrogen (secondary N) is 2. The molecule has 0 saturated carbocycles. The number of halogens is 2. The van der Waals surface area contributed by atoms with Crippen LogP contribution in [0.5, 0.6) is 11.5 Å². The van der Waals surface area contributed by atoms with E-state index in [0.717, 1.165) is 23.4 Å². The number of hydrogen-bond donors (Lipinski definition) is 2. The van der Waals surface area contributed by atoms with Crippen LogP contribution in [-0.2, 0) is 11.3 Å². The number of nitrogens with zero attached hydrogens (tertiary/aromatic N) is 1. The largest absolute Gasteiger partial charge is 0.496 e. The van der Waals surface area contributed by atoms with Gasteiger partial charge in [-0.15, -0.1) is 0 Å². The fourth-order valence-electron chi connectivity index (χ4n) is 2.39. The van der Waals surface area contributed by atoms with Gasteiger partial charge in [-0.2, -0.15) is 0 Å². The molecule has 152 valence electrons. The van der Waals surface area contributed by atoms with Crippen LogP contribution in [0.15, 0.2) is 47.5 Å². The van der Waals surface area contributed by atoms with Crippen molar-refractivity contribution < 1.29 is 23.0 Å². The first-order chi connectivity index (χ1) is 13.6. The number of ether oxygens (including phenoxy) is 3. The third kappa shape index (κ3) is 7.03. The number of hydrogen-bond acceptors (Lipinski definition) is 4. The first kappa shape index (κ1) is 21.4. The molecule has 0 saturated heterocycles. The van der Waals surface area contributed by atoms with Gasteiger partial charge in [0.15, 0.2) is 17.5 Å². The van der Waals surface area contributed by atoms with Crippen LogP contribution in [0, 0.1) is 11.6 Å². The summed E-state index contributed by atoms with van der Waals surface area (Å²) in [5.74, 6) is 0.0145. The highest BCUT2D eigenvalue weighted by Crippen LogP contribution is 2.18. The van der Waals surface area contributed by atoms with Gasteiger partial charge in [-0.1, -0.05) is 18.2 Å². The van der Waals surface area contributed by atoms with Gasteiger partial charge in [0.1, 0.15) is 18.2 Å². The van der Waals surface area contributed by atoms with Crippen LogP contribution in [0.4, 0.5) is 8.78 Å². The van der Waals surface area contributed by atoms with E-state index >= 15 is 0 Å². The normalized spacial score (nSPS) is 11.2. The molecular formula is C20H25F2N3O3. The number of guanidine groups is 1. The molecule has 2 aromatic rings. The highest BCUT2D eigenvalue weighted by molar-refractivity contribution is 5.79. The fraction of sp³-hybridized carbons (Fsp3) is 0.350. The van der Waals surface area contributed by atoms with Gasteiger partial charge >= 0.3 is 0 Å². The lowest BCUT2D eigenvalue weighted by molar-refractivity contribution is 0.123. The molecule has 0 spiro atoms. The Morgan fingerprint density at radius 2 is 1.75 bits per heavy atom. The Morgan fingerprint density at radius 3 is 2.46 bits per heavy atom. The summed E-state index contributed by atoms with van der Waals surface area (Å²) < 4.78 is 42.5. The van der Waals surface area contributed by atoms with Crippen molar-refractivity contribution in [2.24, 2.45) is 4.99 Å². The zero-order valence-corrected chi connectivity index (χ0v) is 16.0. The Balaban J connectivity index is 1.61. The first-order valence-electron chi connectivity index (χ1n) is 8.86. The van der Waals surface area contributed by atoms with Crippen LogP contribution < -0.4 is 20.1 Å². The molecule has 0 aliphatic heterocycles. The Bertz CT molecular complexity index is 772. The SMILES string of the molecule is CN=C(NCCOCc1ccccc1OC)NCCOc1ccc(F)cc1F. The van der Waals surface area contributed by atoms with E-state index in [0.29, 0.717) is 32.3 Å². The van der Waals surface area contributed by atoms with Gasteiger partial charge in [-0.05, 0) is 18.2 Å². The predicted octanol–water partition coefficient (Wildman–Crippen LogP) is 2.73. The van der Waals surface area contributed by atoms with Crippen molar-refractivity contribution in [3.8, 4) is 11.5 Å². The molecule has 8 heteroatoms. The van der Waals surface area contributed by atoms with Gasteiger partial charge in [-0.25, -0.2) is 8.78 Å². The zero-order chi connectivity index (χ0) is 20.2. The molecule has 28 heavy (non-hydrogen) atoms. The number of benzene rings is 2. The van der Waals surface area contributed by atoms with E-state index in [-0.39, 0.29) is 12.4 Å². The van der Waals surface area contributed by atoms with Gasteiger partial charge in [0.2, 0.25) is 0 Å². The predicted molar refractivity (Wildman–Crippen MR) is 104 cm³/mol. The van der Waals surface area contributed by atoms with Crippen LogP contribution in [0.25, 0.3) is 0 Å². The van der Waals surface area contributed by atoms with Crippen molar-refractivity contribution in [3.63, 3.8) is 0 Å². The maximum Gasteiger partial charge on any atom is 0.191 e. The molecule has 0 atom stereocenters. The van der Waals surface area contributed by atoms with E-state index in [1.807, 2.05) is 24.3 Å². The first-order valence-corrected chi connectivity index (χ1v) is 8.86. The van der Waals surface area contributed by atoms with Crippen LogP contribution >= 0.6 is 0 Å². The Labute approximate surface area is 163 Å². The van der Waals surface area contributed by atoms with Crippen molar-refractivity contribution in [1.82, 2.24) is 10.6 Å². The minimum atomic E-state index is -0.727. The average molecular weight is 393 g/mol. The molecule has 0 fully saturated rings. The van der Waals surface area contributed by atoms with E-state index in [9.17, 15) is 8.78 Å². The molecule has 0 aliphatic carbocycles.